The molecule has 1 aliphatic rings. The molecule has 1 fully saturated rings. The van der Waals surface area contributed by atoms with E-state index in [-0.39, 0.29) is 24.5 Å². The highest BCUT2D eigenvalue weighted by molar-refractivity contribution is 6.03. The zero-order valence-electron chi connectivity index (χ0n) is 19.6. The molecule has 1 aliphatic carbocycles. The first-order valence-corrected chi connectivity index (χ1v) is 11.3. The summed E-state index contributed by atoms with van der Waals surface area (Å²) in [6.07, 6.45) is 0.947. The number of nitrogens with zero attached hydrogens (tertiary/aromatic N) is 4. The van der Waals surface area contributed by atoms with Crippen LogP contribution < -0.4 is 0 Å². The summed E-state index contributed by atoms with van der Waals surface area (Å²) in [6, 6.07) is 14.4. The molecule has 1 saturated carbocycles. The highest BCUT2D eigenvalue weighted by Gasteiger charge is 2.46. The smallest absolute Gasteiger partial charge is 0.153 e. The molecule has 4 rings (SSSR count). The Labute approximate surface area is 193 Å². The lowest BCUT2D eigenvalue weighted by atomic mass is 9.57. The van der Waals surface area contributed by atoms with Crippen LogP contribution in [0.2, 0.25) is 0 Å². The Hall–Kier alpha value is -3.28. The van der Waals surface area contributed by atoms with Crippen molar-refractivity contribution in [3.63, 3.8) is 0 Å². The van der Waals surface area contributed by atoms with Gasteiger partial charge in [0.15, 0.2) is 5.76 Å². The van der Waals surface area contributed by atoms with Crippen molar-refractivity contribution in [3.8, 4) is 0 Å². The van der Waals surface area contributed by atoms with Gasteiger partial charge in [0.25, 0.3) is 0 Å². The molecule has 1 unspecified atom stereocenters. The summed E-state index contributed by atoms with van der Waals surface area (Å²) in [5.41, 5.74) is 15.4. The predicted octanol–water partition coefficient (Wildman–Crippen LogP) is 6.12. The number of furan rings is 1. The largest absolute Gasteiger partial charge is 0.455 e. The van der Waals surface area contributed by atoms with Gasteiger partial charge in [0.05, 0.1) is 12.6 Å². The van der Waals surface area contributed by atoms with Gasteiger partial charge in [-0.1, -0.05) is 53.1 Å². The van der Waals surface area contributed by atoms with Crippen molar-refractivity contribution in [2.45, 2.75) is 52.1 Å². The average Bonchev–Trinajstić information content (AvgIpc) is 3.16. The number of azide groups is 1. The van der Waals surface area contributed by atoms with Gasteiger partial charge in [0.2, 0.25) is 0 Å². The quantitative estimate of drug-likeness (QED) is 0.148. The molecule has 1 aromatic heterocycles. The van der Waals surface area contributed by atoms with Crippen molar-refractivity contribution in [1.82, 2.24) is 0 Å². The maximum absolute atomic E-state index is 9.92. The van der Waals surface area contributed by atoms with Crippen LogP contribution in [0.5, 0.6) is 0 Å². The van der Waals surface area contributed by atoms with Gasteiger partial charge in [-0.05, 0) is 73.4 Å². The topological polar surface area (TPSA) is 104 Å². The van der Waals surface area contributed by atoms with E-state index in [4.69, 9.17) is 14.8 Å². The molecule has 0 aliphatic heterocycles. The van der Waals surface area contributed by atoms with Crippen molar-refractivity contribution in [2.75, 3.05) is 13.2 Å². The van der Waals surface area contributed by atoms with Crippen LogP contribution in [-0.4, -0.2) is 30.1 Å². The lowest BCUT2D eigenvalue weighted by Gasteiger charge is -2.47. The number of fused-ring (bicyclic) bond motifs is 1. The summed E-state index contributed by atoms with van der Waals surface area (Å²) in [5.74, 6) is 0.857. The Bertz CT molecular complexity index is 1180. The highest BCUT2D eigenvalue weighted by Crippen LogP contribution is 2.51. The van der Waals surface area contributed by atoms with Crippen LogP contribution in [0.25, 0.3) is 21.4 Å². The van der Waals surface area contributed by atoms with E-state index in [0.717, 1.165) is 29.5 Å². The lowest BCUT2D eigenvalue weighted by molar-refractivity contribution is 0.0430. The molecule has 7 heteroatoms. The number of hydrogen-bond acceptors (Lipinski definition) is 5. The van der Waals surface area contributed by atoms with E-state index in [9.17, 15) is 5.11 Å². The van der Waals surface area contributed by atoms with Crippen LogP contribution in [0.15, 0.2) is 57.2 Å². The number of benzene rings is 2. The van der Waals surface area contributed by atoms with E-state index >= 15 is 0 Å². The van der Waals surface area contributed by atoms with Crippen LogP contribution in [0.3, 0.4) is 0 Å². The molecular weight excluding hydrogens is 416 g/mol. The SMILES string of the molecule is Cc1cc(C)c(C2(C)CC(C(=NOCC(O)CN=[N+]=[N-])c3cc4ccccc4o3)C2)c(C)c1. The molecule has 0 bridgehead atoms. The molecule has 172 valence electrons. The van der Waals surface area contributed by atoms with Gasteiger partial charge in [-0.25, -0.2) is 0 Å². The first-order chi connectivity index (χ1) is 15.8. The summed E-state index contributed by atoms with van der Waals surface area (Å²) in [7, 11) is 0. The Kier molecular flexibility index (Phi) is 6.45. The number of rotatable bonds is 8. The number of aliphatic hydroxyl groups is 1. The van der Waals surface area contributed by atoms with E-state index in [0.29, 0.717) is 5.76 Å². The van der Waals surface area contributed by atoms with Crippen LogP contribution in [-0.2, 0) is 10.3 Å². The molecule has 33 heavy (non-hydrogen) atoms. The predicted molar refractivity (Wildman–Crippen MR) is 129 cm³/mol. The third kappa shape index (κ3) is 4.75. The Balaban J connectivity index is 1.59. The summed E-state index contributed by atoms with van der Waals surface area (Å²) in [6.45, 7) is 8.72. The van der Waals surface area contributed by atoms with Gasteiger partial charge in [-0.3, -0.25) is 0 Å². The van der Waals surface area contributed by atoms with Crippen molar-refractivity contribution in [1.29, 1.82) is 0 Å². The first-order valence-electron chi connectivity index (χ1n) is 11.3. The molecule has 0 radical (unpaired) electrons. The summed E-state index contributed by atoms with van der Waals surface area (Å²) in [5, 5.41) is 18.7. The standard InChI is InChI=1S/C26H30N4O3/c1-16-9-17(2)24(18(3)10-16)26(4)12-20(13-26)25(29-32-15-21(31)14-28-30-27)23-11-19-7-5-6-8-22(19)33-23/h5-11,20-21,31H,12-15H2,1-4H3. The third-order valence-electron chi connectivity index (χ3n) is 6.52. The van der Waals surface area contributed by atoms with Crippen LogP contribution >= 0.6 is 0 Å². The van der Waals surface area contributed by atoms with Crippen LogP contribution in [0.1, 0.15) is 47.8 Å². The zero-order valence-corrected chi connectivity index (χ0v) is 19.6. The minimum Gasteiger partial charge on any atom is -0.455 e. The Morgan fingerprint density at radius 3 is 2.58 bits per heavy atom. The second kappa shape index (κ2) is 9.30. The fourth-order valence-corrected chi connectivity index (χ4v) is 5.36. The molecule has 0 spiro atoms. The van der Waals surface area contributed by atoms with E-state index < -0.39 is 6.10 Å². The fraction of sp³-hybridized carbons (Fsp3) is 0.423. The van der Waals surface area contributed by atoms with Crippen LogP contribution in [0, 0.1) is 26.7 Å². The van der Waals surface area contributed by atoms with E-state index in [1.165, 1.54) is 22.3 Å². The number of aliphatic hydroxyl groups excluding tert-OH is 1. The molecule has 1 heterocycles. The van der Waals surface area contributed by atoms with Gasteiger partial charge in [0, 0.05) is 16.2 Å². The Morgan fingerprint density at radius 2 is 1.91 bits per heavy atom. The molecule has 7 nitrogen and oxygen atoms in total. The number of oxime groups is 1. The fourth-order valence-electron chi connectivity index (χ4n) is 5.36. The van der Waals surface area contributed by atoms with E-state index in [1.54, 1.807) is 0 Å². The van der Waals surface area contributed by atoms with Gasteiger partial charge >= 0.3 is 0 Å². The summed E-state index contributed by atoms with van der Waals surface area (Å²) >= 11 is 0. The van der Waals surface area contributed by atoms with Crippen molar-refractivity contribution in [2.24, 2.45) is 16.2 Å². The second-order valence-electron chi connectivity index (χ2n) is 9.43. The molecule has 0 amide bonds. The third-order valence-corrected chi connectivity index (χ3v) is 6.52. The molecule has 1 atom stereocenters. The van der Waals surface area contributed by atoms with E-state index in [2.05, 4.69) is 55.0 Å². The lowest BCUT2D eigenvalue weighted by Crippen LogP contribution is -2.43. The molecule has 2 aromatic carbocycles. The van der Waals surface area contributed by atoms with Gasteiger partial charge in [-0.15, -0.1) is 0 Å². The molecule has 0 saturated heterocycles. The first kappa shape index (κ1) is 22.9. The number of aryl methyl sites for hydroxylation is 3. The van der Waals surface area contributed by atoms with Crippen molar-refractivity contribution < 1.29 is 14.4 Å². The van der Waals surface area contributed by atoms with Crippen molar-refractivity contribution >= 4 is 16.7 Å². The zero-order chi connectivity index (χ0) is 23.6. The minimum absolute atomic E-state index is 0.0527. The Morgan fingerprint density at radius 1 is 1.21 bits per heavy atom. The van der Waals surface area contributed by atoms with Gasteiger partial charge in [0.1, 0.15) is 17.9 Å². The molecule has 1 N–H and O–H groups in total. The van der Waals surface area contributed by atoms with Gasteiger partial charge < -0.3 is 14.4 Å². The average molecular weight is 447 g/mol. The molecule has 3 aromatic rings. The van der Waals surface area contributed by atoms with E-state index in [1.807, 2.05) is 30.3 Å². The van der Waals surface area contributed by atoms with Crippen molar-refractivity contribution in [3.05, 3.63) is 80.9 Å². The van der Waals surface area contributed by atoms with Gasteiger partial charge in [-0.2, -0.15) is 0 Å². The van der Waals surface area contributed by atoms with Crippen LogP contribution in [0.4, 0.5) is 0 Å². The summed E-state index contributed by atoms with van der Waals surface area (Å²) < 4.78 is 6.11. The highest BCUT2D eigenvalue weighted by atomic mass is 16.6. The summed E-state index contributed by atoms with van der Waals surface area (Å²) in [4.78, 5) is 8.16. The number of para-hydroxylation sites is 1. The number of hydrogen-bond donors (Lipinski definition) is 1. The minimum atomic E-state index is -0.911. The normalized spacial score (nSPS) is 21.4. The maximum atomic E-state index is 9.92. The second-order valence-corrected chi connectivity index (χ2v) is 9.43. The molecular formula is C26H30N4O3. The maximum Gasteiger partial charge on any atom is 0.153 e. The monoisotopic (exact) mass is 446 g/mol.